The smallest absolute Gasteiger partial charge is 0.235 e. The Labute approximate surface area is 127 Å². The lowest BCUT2D eigenvalue weighted by atomic mass is 10.4. The van der Waals surface area contributed by atoms with Crippen LogP contribution >= 0.6 is 23.1 Å². The van der Waals surface area contributed by atoms with Crippen LogP contribution in [-0.2, 0) is 11.3 Å². The zero-order valence-corrected chi connectivity index (χ0v) is 13.7. The van der Waals surface area contributed by atoms with Gasteiger partial charge in [0.2, 0.25) is 5.91 Å². The number of hydrogen-bond donors (Lipinski definition) is 0. The zero-order valence-electron chi connectivity index (χ0n) is 12.0. The van der Waals surface area contributed by atoms with Gasteiger partial charge in [-0.3, -0.25) is 4.79 Å². The summed E-state index contributed by atoms with van der Waals surface area (Å²) in [6, 6.07) is 4.03. The molecule has 0 saturated carbocycles. The van der Waals surface area contributed by atoms with Crippen molar-refractivity contribution < 1.29 is 4.79 Å². The third-order valence-electron chi connectivity index (χ3n) is 2.85. The molecule has 2 aromatic rings. The SMILES string of the molecule is CCn1c(S[C@H](C)C(=O)N(C)C)nnc1-c1cccs1. The van der Waals surface area contributed by atoms with Crippen molar-refractivity contribution in [1.29, 1.82) is 0 Å². The summed E-state index contributed by atoms with van der Waals surface area (Å²) in [7, 11) is 3.53. The quantitative estimate of drug-likeness (QED) is 0.797. The fourth-order valence-electron chi connectivity index (χ4n) is 1.82. The predicted molar refractivity (Wildman–Crippen MR) is 83.0 cm³/mol. The third kappa shape index (κ3) is 3.04. The van der Waals surface area contributed by atoms with E-state index in [-0.39, 0.29) is 11.2 Å². The van der Waals surface area contributed by atoms with Gasteiger partial charge in [0.25, 0.3) is 0 Å². The molecule has 0 unspecified atom stereocenters. The molecule has 2 heterocycles. The molecule has 0 saturated heterocycles. The highest BCUT2D eigenvalue weighted by atomic mass is 32.2. The van der Waals surface area contributed by atoms with E-state index in [1.807, 2.05) is 24.4 Å². The van der Waals surface area contributed by atoms with Gasteiger partial charge in [-0.2, -0.15) is 0 Å². The van der Waals surface area contributed by atoms with Crippen LogP contribution in [0.15, 0.2) is 22.7 Å². The van der Waals surface area contributed by atoms with Crippen LogP contribution < -0.4 is 0 Å². The first kappa shape index (κ1) is 15.1. The second-order valence-corrected chi connectivity index (χ2v) is 6.78. The highest BCUT2D eigenvalue weighted by Crippen LogP contribution is 2.29. The maximum atomic E-state index is 11.9. The summed E-state index contributed by atoms with van der Waals surface area (Å²) in [4.78, 5) is 14.6. The average Bonchev–Trinajstić information content (AvgIpc) is 3.05. The van der Waals surface area contributed by atoms with Crippen molar-refractivity contribution in [3.05, 3.63) is 17.5 Å². The standard InChI is InChI=1S/C13H18N4OS2/c1-5-17-11(10-7-6-8-19-10)14-15-13(17)20-9(2)12(18)16(3)4/h6-9H,5H2,1-4H3/t9-/m1/s1. The van der Waals surface area contributed by atoms with Gasteiger partial charge in [-0.15, -0.1) is 21.5 Å². The van der Waals surface area contributed by atoms with E-state index in [4.69, 9.17) is 0 Å². The second-order valence-electron chi connectivity index (χ2n) is 4.52. The van der Waals surface area contributed by atoms with Crippen molar-refractivity contribution in [2.45, 2.75) is 30.8 Å². The van der Waals surface area contributed by atoms with Crippen molar-refractivity contribution in [1.82, 2.24) is 19.7 Å². The number of thioether (sulfide) groups is 1. The first-order valence-electron chi connectivity index (χ1n) is 6.39. The van der Waals surface area contributed by atoms with Crippen LogP contribution in [0.3, 0.4) is 0 Å². The minimum atomic E-state index is -0.171. The Hall–Kier alpha value is -1.34. The van der Waals surface area contributed by atoms with Crippen LogP contribution in [0.5, 0.6) is 0 Å². The van der Waals surface area contributed by atoms with E-state index in [1.165, 1.54) is 11.8 Å². The Balaban J connectivity index is 2.23. The molecule has 2 aromatic heterocycles. The van der Waals surface area contributed by atoms with Crippen LogP contribution in [0.25, 0.3) is 10.7 Å². The van der Waals surface area contributed by atoms with Crippen molar-refractivity contribution in [3.8, 4) is 10.7 Å². The topological polar surface area (TPSA) is 51.0 Å². The lowest BCUT2D eigenvalue weighted by Crippen LogP contribution is -2.29. The number of thiophene rings is 1. The third-order valence-corrected chi connectivity index (χ3v) is 4.78. The average molecular weight is 310 g/mol. The lowest BCUT2D eigenvalue weighted by molar-refractivity contribution is -0.127. The molecule has 0 aromatic carbocycles. The van der Waals surface area contributed by atoms with Gasteiger partial charge in [-0.25, -0.2) is 0 Å². The fraction of sp³-hybridized carbons (Fsp3) is 0.462. The van der Waals surface area contributed by atoms with Gasteiger partial charge < -0.3 is 9.47 Å². The molecule has 1 atom stereocenters. The number of hydrogen-bond acceptors (Lipinski definition) is 5. The molecule has 0 fully saturated rings. The van der Waals surface area contributed by atoms with Gasteiger partial charge in [0.1, 0.15) is 0 Å². The first-order chi connectivity index (χ1) is 9.54. The number of aromatic nitrogens is 3. The summed E-state index contributed by atoms with van der Waals surface area (Å²) in [5.74, 6) is 0.952. The summed E-state index contributed by atoms with van der Waals surface area (Å²) < 4.78 is 2.05. The minimum absolute atomic E-state index is 0.0818. The maximum Gasteiger partial charge on any atom is 0.235 e. The van der Waals surface area contributed by atoms with Gasteiger partial charge in [-0.1, -0.05) is 17.8 Å². The molecule has 0 aliphatic carbocycles. The van der Waals surface area contributed by atoms with E-state index < -0.39 is 0 Å². The van der Waals surface area contributed by atoms with Gasteiger partial charge in [0.15, 0.2) is 11.0 Å². The first-order valence-corrected chi connectivity index (χ1v) is 8.15. The van der Waals surface area contributed by atoms with Gasteiger partial charge >= 0.3 is 0 Å². The van der Waals surface area contributed by atoms with Crippen LogP contribution in [0.2, 0.25) is 0 Å². The van der Waals surface area contributed by atoms with Crippen LogP contribution in [0.4, 0.5) is 0 Å². The Morgan fingerprint density at radius 2 is 2.25 bits per heavy atom. The molecule has 20 heavy (non-hydrogen) atoms. The molecule has 0 aliphatic rings. The van der Waals surface area contributed by atoms with Crippen molar-refractivity contribution in [2.75, 3.05) is 14.1 Å². The van der Waals surface area contributed by atoms with E-state index in [1.54, 1.807) is 30.3 Å². The molecular formula is C13H18N4OS2. The second kappa shape index (κ2) is 6.41. The molecular weight excluding hydrogens is 292 g/mol. The Bertz CT molecular complexity index is 577. The molecule has 5 nitrogen and oxygen atoms in total. The fourth-order valence-corrected chi connectivity index (χ4v) is 3.60. The van der Waals surface area contributed by atoms with E-state index in [0.717, 1.165) is 22.4 Å². The van der Waals surface area contributed by atoms with Crippen LogP contribution in [0.1, 0.15) is 13.8 Å². The summed E-state index contributed by atoms with van der Waals surface area (Å²) in [6.45, 7) is 4.74. The van der Waals surface area contributed by atoms with E-state index in [0.29, 0.717) is 0 Å². The maximum absolute atomic E-state index is 11.9. The van der Waals surface area contributed by atoms with Crippen molar-refractivity contribution in [3.63, 3.8) is 0 Å². The van der Waals surface area contributed by atoms with E-state index in [2.05, 4.69) is 21.7 Å². The van der Waals surface area contributed by atoms with Crippen LogP contribution in [0, 0.1) is 0 Å². The van der Waals surface area contributed by atoms with Gasteiger partial charge in [-0.05, 0) is 25.3 Å². The Kier molecular flexibility index (Phi) is 4.82. The number of carbonyl (C=O) groups excluding carboxylic acids is 1. The normalized spacial score (nSPS) is 12.4. The van der Waals surface area contributed by atoms with E-state index >= 15 is 0 Å². The molecule has 7 heteroatoms. The van der Waals surface area contributed by atoms with Crippen molar-refractivity contribution >= 4 is 29.0 Å². The minimum Gasteiger partial charge on any atom is -0.348 e. The number of nitrogens with zero attached hydrogens (tertiary/aromatic N) is 4. The molecule has 0 aliphatic heterocycles. The zero-order chi connectivity index (χ0) is 14.7. The molecule has 0 spiro atoms. The van der Waals surface area contributed by atoms with Crippen molar-refractivity contribution in [2.24, 2.45) is 0 Å². The monoisotopic (exact) mass is 310 g/mol. The predicted octanol–water partition coefficient (Wildman–Crippen LogP) is 2.60. The summed E-state index contributed by atoms with van der Waals surface area (Å²) in [5.41, 5.74) is 0. The molecule has 2 rings (SSSR count). The Morgan fingerprint density at radius 1 is 1.50 bits per heavy atom. The number of carbonyl (C=O) groups is 1. The summed E-state index contributed by atoms with van der Waals surface area (Å²) in [6.07, 6.45) is 0. The molecule has 0 bridgehead atoms. The summed E-state index contributed by atoms with van der Waals surface area (Å²) in [5, 5.41) is 11.1. The van der Waals surface area contributed by atoms with E-state index in [9.17, 15) is 4.79 Å². The van der Waals surface area contributed by atoms with Crippen LogP contribution in [-0.4, -0.2) is 44.9 Å². The molecule has 0 radical (unpaired) electrons. The van der Waals surface area contributed by atoms with Gasteiger partial charge in [0, 0.05) is 20.6 Å². The highest BCUT2D eigenvalue weighted by Gasteiger charge is 2.21. The summed E-state index contributed by atoms with van der Waals surface area (Å²) >= 11 is 3.09. The number of amides is 1. The molecule has 1 amide bonds. The highest BCUT2D eigenvalue weighted by molar-refractivity contribution is 8.00. The molecule has 108 valence electrons. The number of rotatable bonds is 5. The lowest BCUT2D eigenvalue weighted by Gasteiger charge is -2.16. The largest absolute Gasteiger partial charge is 0.348 e. The Morgan fingerprint density at radius 3 is 2.80 bits per heavy atom. The van der Waals surface area contributed by atoms with Gasteiger partial charge in [0.05, 0.1) is 10.1 Å². The molecule has 0 N–H and O–H groups in total.